The number of fused-ring (bicyclic) bond motifs is 1. The van der Waals surface area contributed by atoms with Crippen molar-refractivity contribution in [3.8, 4) is 11.5 Å². The van der Waals surface area contributed by atoms with E-state index >= 15 is 0 Å². The number of ether oxygens (including phenoxy) is 2. The molecule has 76 valence electrons. The first kappa shape index (κ1) is 9.34. The zero-order chi connectivity index (χ0) is 9.97. The second kappa shape index (κ2) is 3.88. The summed E-state index contributed by atoms with van der Waals surface area (Å²) in [5, 5.41) is 0. The summed E-state index contributed by atoms with van der Waals surface area (Å²) < 4.78 is 10.9. The Kier molecular flexibility index (Phi) is 2.59. The van der Waals surface area contributed by atoms with Gasteiger partial charge in [0.1, 0.15) is 13.2 Å². The zero-order valence-electron chi connectivity index (χ0n) is 8.32. The van der Waals surface area contributed by atoms with E-state index in [4.69, 9.17) is 15.2 Å². The Morgan fingerprint density at radius 2 is 2.00 bits per heavy atom. The molecule has 0 saturated carbocycles. The number of benzene rings is 1. The van der Waals surface area contributed by atoms with Crippen molar-refractivity contribution < 1.29 is 9.47 Å². The maximum atomic E-state index is 5.93. The maximum absolute atomic E-state index is 5.93. The highest BCUT2D eigenvalue weighted by molar-refractivity contribution is 5.44. The molecule has 0 aliphatic carbocycles. The van der Waals surface area contributed by atoms with Crippen LogP contribution in [0.1, 0.15) is 24.9 Å². The molecule has 0 spiro atoms. The van der Waals surface area contributed by atoms with E-state index in [0.29, 0.717) is 13.2 Å². The number of hydrogen-bond donors (Lipinski definition) is 1. The van der Waals surface area contributed by atoms with Gasteiger partial charge in [-0.1, -0.05) is 13.0 Å². The van der Waals surface area contributed by atoms with Crippen LogP contribution in [0.4, 0.5) is 0 Å². The first-order valence-electron chi connectivity index (χ1n) is 4.96. The van der Waals surface area contributed by atoms with Gasteiger partial charge in [-0.3, -0.25) is 0 Å². The molecule has 2 N–H and O–H groups in total. The van der Waals surface area contributed by atoms with Crippen LogP contribution in [0.25, 0.3) is 0 Å². The molecular weight excluding hydrogens is 178 g/mol. The van der Waals surface area contributed by atoms with Gasteiger partial charge in [0.2, 0.25) is 0 Å². The van der Waals surface area contributed by atoms with Crippen LogP contribution < -0.4 is 15.2 Å². The Hall–Kier alpha value is -1.22. The predicted molar refractivity (Wildman–Crippen MR) is 54.7 cm³/mol. The van der Waals surface area contributed by atoms with Crippen LogP contribution in [-0.4, -0.2) is 13.2 Å². The van der Waals surface area contributed by atoms with E-state index in [9.17, 15) is 0 Å². The quantitative estimate of drug-likeness (QED) is 0.779. The minimum Gasteiger partial charge on any atom is -0.486 e. The molecule has 1 aromatic rings. The largest absolute Gasteiger partial charge is 0.486 e. The monoisotopic (exact) mass is 193 g/mol. The Morgan fingerprint density at radius 1 is 1.29 bits per heavy atom. The molecule has 1 atom stereocenters. The smallest absolute Gasteiger partial charge is 0.161 e. The Labute approximate surface area is 83.8 Å². The lowest BCUT2D eigenvalue weighted by atomic mass is 10.0. The molecule has 0 bridgehead atoms. The summed E-state index contributed by atoms with van der Waals surface area (Å²) in [7, 11) is 0. The third-order valence-corrected chi connectivity index (χ3v) is 2.43. The van der Waals surface area contributed by atoms with Crippen LogP contribution in [0.5, 0.6) is 11.5 Å². The van der Waals surface area contributed by atoms with Crippen LogP contribution in [0.2, 0.25) is 0 Å². The highest BCUT2D eigenvalue weighted by atomic mass is 16.6. The van der Waals surface area contributed by atoms with E-state index in [2.05, 4.69) is 6.92 Å². The summed E-state index contributed by atoms with van der Waals surface area (Å²) in [5.41, 5.74) is 7.04. The second-order valence-corrected chi connectivity index (χ2v) is 3.42. The Balaban J connectivity index is 2.29. The lowest BCUT2D eigenvalue weighted by Gasteiger charge is -2.20. The third kappa shape index (κ3) is 1.68. The molecule has 0 saturated heterocycles. The molecule has 1 aromatic carbocycles. The van der Waals surface area contributed by atoms with Crippen molar-refractivity contribution >= 4 is 0 Å². The summed E-state index contributed by atoms with van der Waals surface area (Å²) in [5.74, 6) is 1.64. The molecule has 1 heterocycles. The van der Waals surface area contributed by atoms with Crippen molar-refractivity contribution in [2.45, 2.75) is 19.4 Å². The van der Waals surface area contributed by atoms with Crippen LogP contribution in [0.3, 0.4) is 0 Å². The summed E-state index contributed by atoms with van der Waals surface area (Å²) in [6.07, 6.45) is 0.930. The van der Waals surface area contributed by atoms with Crippen molar-refractivity contribution in [1.82, 2.24) is 0 Å². The van der Waals surface area contributed by atoms with E-state index < -0.39 is 0 Å². The molecule has 0 unspecified atom stereocenters. The summed E-state index contributed by atoms with van der Waals surface area (Å²) in [6.45, 7) is 3.32. The summed E-state index contributed by atoms with van der Waals surface area (Å²) in [6, 6.07) is 6.00. The van der Waals surface area contributed by atoms with Crippen molar-refractivity contribution in [3.05, 3.63) is 23.8 Å². The van der Waals surface area contributed by atoms with Crippen LogP contribution in [0.15, 0.2) is 18.2 Å². The molecule has 1 aliphatic heterocycles. The molecule has 1 aliphatic rings. The van der Waals surface area contributed by atoms with E-state index in [-0.39, 0.29) is 6.04 Å². The first-order chi connectivity index (χ1) is 6.81. The lowest BCUT2D eigenvalue weighted by molar-refractivity contribution is 0.171. The van der Waals surface area contributed by atoms with E-state index in [0.717, 1.165) is 23.5 Å². The molecule has 2 rings (SSSR count). The predicted octanol–water partition coefficient (Wildman–Crippen LogP) is 1.87. The molecule has 14 heavy (non-hydrogen) atoms. The van der Waals surface area contributed by atoms with Gasteiger partial charge in [-0.05, 0) is 24.1 Å². The minimum atomic E-state index is 0.0887. The van der Waals surface area contributed by atoms with Gasteiger partial charge in [0.15, 0.2) is 11.5 Å². The Morgan fingerprint density at radius 3 is 2.71 bits per heavy atom. The fourth-order valence-corrected chi connectivity index (χ4v) is 1.53. The van der Waals surface area contributed by atoms with E-state index in [1.165, 1.54) is 0 Å². The molecule has 0 fully saturated rings. The van der Waals surface area contributed by atoms with Crippen molar-refractivity contribution in [3.63, 3.8) is 0 Å². The van der Waals surface area contributed by atoms with Crippen LogP contribution >= 0.6 is 0 Å². The van der Waals surface area contributed by atoms with Gasteiger partial charge in [-0.15, -0.1) is 0 Å². The molecule has 0 amide bonds. The Bertz CT molecular complexity index is 325. The van der Waals surface area contributed by atoms with E-state index in [1.807, 2.05) is 18.2 Å². The molecule has 0 aromatic heterocycles. The van der Waals surface area contributed by atoms with Gasteiger partial charge in [0.25, 0.3) is 0 Å². The zero-order valence-corrected chi connectivity index (χ0v) is 8.32. The molecular formula is C11H15NO2. The minimum absolute atomic E-state index is 0.0887. The lowest BCUT2D eigenvalue weighted by Crippen LogP contribution is -2.16. The van der Waals surface area contributed by atoms with Crippen LogP contribution in [-0.2, 0) is 0 Å². The average Bonchev–Trinajstić information content (AvgIpc) is 2.27. The van der Waals surface area contributed by atoms with Crippen molar-refractivity contribution in [2.75, 3.05) is 13.2 Å². The maximum Gasteiger partial charge on any atom is 0.161 e. The standard InChI is InChI=1S/C11H15NO2/c1-2-9(12)8-3-4-10-11(7-8)14-6-5-13-10/h3-4,7,9H,2,5-6,12H2,1H3/t9-/m1/s1. The van der Waals surface area contributed by atoms with Gasteiger partial charge in [0, 0.05) is 6.04 Å². The topological polar surface area (TPSA) is 44.5 Å². The first-order valence-corrected chi connectivity index (χ1v) is 4.96. The number of rotatable bonds is 2. The summed E-state index contributed by atoms with van der Waals surface area (Å²) in [4.78, 5) is 0. The van der Waals surface area contributed by atoms with Crippen molar-refractivity contribution in [1.29, 1.82) is 0 Å². The average molecular weight is 193 g/mol. The SMILES string of the molecule is CC[C@@H](N)c1ccc2c(c1)OCCO2. The highest BCUT2D eigenvalue weighted by Gasteiger charge is 2.13. The third-order valence-electron chi connectivity index (χ3n) is 2.43. The van der Waals surface area contributed by atoms with Gasteiger partial charge in [-0.25, -0.2) is 0 Å². The fraction of sp³-hybridized carbons (Fsp3) is 0.455. The van der Waals surface area contributed by atoms with Gasteiger partial charge in [-0.2, -0.15) is 0 Å². The normalized spacial score (nSPS) is 16.4. The van der Waals surface area contributed by atoms with E-state index in [1.54, 1.807) is 0 Å². The van der Waals surface area contributed by atoms with Crippen molar-refractivity contribution in [2.24, 2.45) is 5.73 Å². The van der Waals surface area contributed by atoms with Crippen LogP contribution in [0, 0.1) is 0 Å². The van der Waals surface area contributed by atoms with Gasteiger partial charge >= 0.3 is 0 Å². The molecule has 0 radical (unpaired) electrons. The molecule has 3 heteroatoms. The fourth-order valence-electron chi connectivity index (χ4n) is 1.53. The van der Waals surface area contributed by atoms with Gasteiger partial charge < -0.3 is 15.2 Å². The number of hydrogen-bond acceptors (Lipinski definition) is 3. The second-order valence-electron chi connectivity index (χ2n) is 3.42. The number of nitrogens with two attached hydrogens (primary N) is 1. The highest BCUT2D eigenvalue weighted by Crippen LogP contribution is 2.32. The van der Waals surface area contributed by atoms with Gasteiger partial charge in [0.05, 0.1) is 0 Å². The molecule has 3 nitrogen and oxygen atoms in total. The summed E-state index contributed by atoms with van der Waals surface area (Å²) >= 11 is 0.